The van der Waals surface area contributed by atoms with Crippen LogP contribution in [0.2, 0.25) is 0 Å². The normalized spacial score (nSPS) is 16.0. The lowest BCUT2D eigenvalue weighted by Crippen LogP contribution is -2.39. The van der Waals surface area contributed by atoms with Crippen molar-refractivity contribution >= 4 is 11.6 Å². The van der Waals surface area contributed by atoms with Gasteiger partial charge in [0.15, 0.2) is 6.23 Å². The molecule has 0 aliphatic rings. The fourth-order valence-electron chi connectivity index (χ4n) is 1.55. The zero-order valence-electron chi connectivity index (χ0n) is 10.5. The highest BCUT2D eigenvalue weighted by atomic mass is 35.5. The third-order valence-corrected chi connectivity index (χ3v) is 2.92. The van der Waals surface area contributed by atoms with Crippen molar-refractivity contribution in [2.45, 2.75) is 31.8 Å². The molecule has 1 heterocycles. The highest BCUT2D eigenvalue weighted by Gasteiger charge is 2.23. The maximum atomic E-state index is 11.6. The van der Waals surface area contributed by atoms with Crippen LogP contribution in [-0.2, 0) is 4.74 Å². The summed E-state index contributed by atoms with van der Waals surface area (Å²) in [4.78, 5) is 24.6. The number of aliphatic hydroxyl groups is 2. The predicted octanol–water partition coefficient (Wildman–Crippen LogP) is -0.578. The van der Waals surface area contributed by atoms with Crippen LogP contribution in [0.4, 0.5) is 0 Å². The largest absolute Gasteiger partial charge is 0.394 e. The Kier molecular flexibility index (Phi) is 6.23. The molecule has 0 saturated heterocycles. The van der Waals surface area contributed by atoms with Crippen LogP contribution < -0.4 is 11.2 Å². The zero-order valence-corrected chi connectivity index (χ0v) is 11.2. The third-order valence-electron chi connectivity index (χ3n) is 2.65. The molecule has 8 heteroatoms. The van der Waals surface area contributed by atoms with E-state index in [2.05, 4.69) is 4.98 Å². The molecule has 1 unspecified atom stereocenters. The molecular weight excluding hydrogens is 276 g/mol. The Hall–Kier alpha value is -1.15. The summed E-state index contributed by atoms with van der Waals surface area (Å²) in [6.07, 6.45) is -0.965. The molecule has 1 aromatic rings. The van der Waals surface area contributed by atoms with Crippen LogP contribution in [0.1, 0.15) is 19.6 Å². The van der Waals surface area contributed by atoms with E-state index in [9.17, 15) is 14.7 Å². The number of aromatic amines is 1. The number of aliphatic hydroxyl groups excluding tert-OH is 2. The molecule has 0 saturated carbocycles. The van der Waals surface area contributed by atoms with Crippen LogP contribution >= 0.6 is 11.6 Å². The first kappa shape index (κ1) is 15.9. The van der Waals surface area contributed by atoms with E-state index in [1.807, 2.05) is 0 Å². The zero-order chi connectivity index (χ0) is 14.4. The third kappa shape index (κ3) is 4.17. The summed E-state index contributed by atoms with van der Waals surface area (Å²) in [7, 11) is 0. The molecule has 0 radical (unpaired) electrons. The van der Waals surface area contributed by atoms with Crippen LogP contribution in [0.3, 0.4) is 0 Å². The van der Waals surface area contributed by atoms with E-state index in [1.165, 1.54) is 6.20 Å². The number of hydrogen-bond acceptors (Lipinski definition) is 5. The molecule has 0 aromatic carbocycles. The lowest BCUT2D eigenvalue weighted by atomic mass is 10.1. The SMILES string of the molecule is CC[C@H](O)C(CO)O[C@H](CCl)n1ccc(=O)[nH]c1=O. The van der Waals surface area contributed by atoms with E-state index in [-0.39, 0.29) is 5.88 Å². The summed E-state index contributed by atoms with van der Waals surface area (Å²) in [6.45, 7) is 1.33. The van der Waals surface area contributed by atoms with E-state index >= 15 is 0 Å². The molecule has 0 aliphatic carbocycles. The first-order chi connectivity index (χ1) is 9.03. The Balaban J connectivity index is 2.94. The van der Waals surface area contributed by atoms with Gasteiger partial charge in [-0.05, 0) is 6.42 Å². The van der Waals surface area contributed by atoms with Crippen molar-refractivity contribution in [1.82, 2.24) is 9.55 Å². The second-order valence-electron chi connectivity index (χ2n) is 3.96. The molecule has 0 aliphatic heterocycles. The van der Waals surface area contributed by atoms with Gasteiger partial charge in [-0.1, -0.05) is 6.92 Å². The van der Waals surface area contributed by atoms with E-state index in [4.69, 9.17) is 21.4 Å². The molecule has 0 amide bonds. The van der Waals surface area contributed by atoms with Crippen molar-refractivity contribution in [3.8, 4) is 0 Å². The van der Waals surface area contributed by atoms with E-state index in [0.717, 1.165) is 10.6 Å². The van der Waals surface area contributed by atoms with E-state index < -0.39 is 36.3 Å². The highest BCUT2D eigenvalue weighted by Crippen LogP contribution is 2.14. The second-order valence-corrected chi connectivity index (χ2v) is 4.27. The Bertz CT molecular complexity index is 500. The first-order valence-electron chi connectivity index (χ1n) is 5.85. The number of H-pyrrole nitrogens is 1. The molecule has 3 atom stereocenters. The summed E-state index contributed by atoms with van der Waals surface area (Å²) < 4.78 is 6.51. The summed E-state index contributed by atoms with van der Waals surface area (Å²) in [5.41, 5.74) is -1.19. The van der Waals surface area contributed by atoms with Gasteiger partial charge in [0.25, 0.3) is 5.56 Å². The van der Waals surface area contributed by atoms with Gasteiger partial charge in [-0.2, -0.15) is 0 Å². The molecule has 19 heavy (non-hydrogen) atoms. The summed E-state index contributed by atoms with van der Waals surface area (Å²) >= 11 is 5.72. The van der Waals surface area contributed by atoms with Gasteiger partial charge in [-0.15, -0.1) is 11.6 Å². The van der Waals surface area contributed by atoms with E-state index in [0.29, 0.717) is 6.42 Å². The van der Waals surface area contributed by atoms with Crippen molar-refractivity contribution in [2.75, 3.05) is 12.5 Å². The topological polar surface area (TPSA) is 105 Å². The fourth-order valence-corrected chi connectivity index (χ4v) is 1.77. The Morgan fingerprint density at radius 2 is 2.21 bits per heavy atom. The van der Waals surface area contributed by atoms with Crippen molar-refractivity contribution < 1.29 is 14.9 Å². The average molecular weight is 293 g/mol. The molecule has 1 aromatic heterocycles. The molecule has 0 bridgehead atoms. The smallest absolute Gasteiger partial charge is 0.330 e. The van der Waals surface area contributed by atoms with Gasteiger partial charge in [0, 0.05) is 12.3 Å². The van der Waals surface area contributed by atoms with Gasteiger partial charge in [0.1, 0.15) is 6.10 Å². The van der Waals surface area contributed by atoms with Gasteiger partial charge in [-0.3, -0.25) is 14.3 Å². The minimum absolute atomic E-state index is 0.0706. The van der Waals surface area contributed by atoms with Crippen molar-refractivity contribution in [1.29, 1.82) is 0 Å². The number of hydrogen-bond donors (Lipinski definition) is 3. The van der Waals surface area contributed by atoms with Crippen LogP contribution in [0.25, 0.3) is 0 Å². The number of alkyl halides is 1. The number of aromatic nitrogens is 2. The van der Waals surface area contributed by atoms with Crippen LogP contribution in [-0.4, -0.2) is 44.5 Å². The minimum Gasteiger partial charge on any atom is -0.394 e. The Morgan fingerprint density at radius 3 is 2.68 bits per heavy atom. The summed E-state index contributed by atoms with van der Waals surface area (Å²) in [5.74, 6) is -0.0706. The second kappa shape index (κ2) is 7.44. The fraction of sp³-hybridized carbons (Fsp3) is 0.636. The van der Waals surface area contributed by atoms with Gasteiger partial charge in [-0.25, -0.2) is 4.79 Å². The highest BCUT2D eigenvalue weighted by molar-refractivity contribution is 6.18. The van der Waals surface area contributed by atoms with Crippen LogP contribution in [0.15, 0.2) is 21.9 Å². The molecule has 7 nitrogen and oxygen atoms in total. The first-order valence-corrected chi connectivity index (χ1v) is 6.38. The molecule has 1 rings (SSSR count). The molecule has 0 fully saturated rings. The lowest BCUT2D eigenvalue weighted by molar-refractivity contribution is -0.117. The standard InChI is InChI=1S/C11H17ClN2O5/c1-2-7(16)8(6-15)19-10(5-12)14-4-3-9(17)13-11(14)18/h3-4,7-8,10,15-16H,2,5-6H2,1H3,(H,13,17,18)/t7-,8?,10+/m0/s1. The average Bonchev–Trinajstić information content (AvgIpc) is 2.40. The number of nitrogens with zero attached hydrogens (tertiary/aromatic N) is 1. The van der Waals surface area contributed by atoms with Crippen LogP contribution in [0, 0.1) is 0 Å². The van der Waals surface area contributed by atoms with Gasteiger partial charge in [0.2, 0.25) is 0 Å². The monoisotopic (exact) mass is 292 g/mol. The lowest BCUT2D eigenvalue weighted by Gasteiger charge is -2.26. The van der Waals surface area contributed by atoms with Crippen LogP contribution in [0.5, 0.6) is 0 Å². The van der Waals surface area contributed by atoms with Crippen molar-refractivity contribution in [3.05, 3.63) is 33.1 Å². The van der Waals surface area contributed by atoms with E-state index in [1.54, 1.807) is 6.92 Å². The number of ether oxygens (including phenoxy) is 1. The van der Waals surface area contributed by atoms with Crippen molar-refractivity contribution in [3.63, 3.8) is 0 Å². The number of halogens is 1. The molecular formula is C11H17ClN2O5. The van der Waals surface area contributed by atoms with Crippen molar-refractivity contribution in [2.24, 2.45) is 0 Å². The quantitative estimate of drug-likeness (QED) is 0.583. The Morgan fingerprint density at radius 1 is 1.53 bits per heavy atom. The maximum Gasteiger partial charge on any atom is 0.330 e. The van der Waals surface area contributed by atoms with Gasteiger partial charge >= 0.3 is 5.69 Å². The van der Waals surface area contributed by atoms with Gasteiger partial charge in [0.05, 0.1) is 18.6 Å². The molecule has 0 spiro atoms. The summed E-state index contributed by atoms with van der Waals surface area (Å²) in [5, 5.41) is 18.8. The Labute approximate surface area is 114 Å². The molecule has 108 valence electrons. The molecule has 3 N–H and O–H groups in total. The minimum atomic E-state index is -0.885. The summed E-state index contributed by atoms with van der Waals surface area (Å²) in [6, 6.07) is 1.16. The predicted molar refractivity (Wildman–Crippen MR) is 69.3 cm³/mol. The number of rotatable bonds is 7. The number of nitrogens with one attached hydrogen (secondary N) is 1. The van der Waals surface area contributed by atoms with Gasteiger partial charge < -0.3 is 14.9 Å². The maximum absolute atomic E-state index is 11.6.